The molecule has 0 aliphatic carbocycles. The van der Waals surface area contributed by atoms with Crippen molar-refractivity contribution in [2.75, 3.05) is 7.11 Å². The van der Waals surface area contributed by atoms with Gasteiger partial charge >= 0.3 is 0 Å². The monoisotopic (exact) mass is 333 g/mol. The molecular weight excluding hydrogens is 318 g/mol. The van der Waals surface area contributed by atoms with E-state index >= 15 is 0 Å². The first-order valence-corrected chi connectivity index (χ1v) is 9.05. The zero-order valence-corrected chi connectivity index (χ0v) is 13.6. The van der Waals surface area contributed by atoms with E-state index in [1.165, 1.54) is 11.3 Å². The smallest absolute Gasteiger partial charge is 0.240 e. The maximum absolute atomic E-state index is 12.4. The number of ether oxygens (including phenoxy) is 1. The number of benzene rings is 2. The lowest BCUT2D eigenvalue weighted by Crippen LogP contribution is -2.22. The summed E-state index contributed by atoms with van der Waals surface area (Å²) < 4.78 is 32.5. The Balaban J connectivity index is 1.88. The highest BCUT2D eigenvalue weighted by molar-refractivity contribution is 7.89. The van der Waals surface area contributed by atoms with Gasteiger partial charge in [0, 0.05) is 11.4 Å². The fraction of sp³-hybridized carbons (Fsp3) is 0.125. The molecule has 0 bridgehead atoms. The summed E-state index contributed by atoms with van der Waals surface area (Å²) in [6.45, 7) is 0.306. The van der Waals surface area contributed by atoms with Gasteiger partial charge < -0.3 is 4.74 Å². The fourth-order valence-corrected chi connectivity index (χ4v) is 3.94. The normalized spacial score (nSPS) is 11.7. The Bertz CT molecular complexity index is 887. The van der Waals surface area contributed by atoms with Gasteiger partial charge in [0.2, 0.25) is 10.0 Å². The lowest BCUT2D eigenvalue weighted by molar-refractivity contribution is 0.415. The van der Waals surface area contributed by atoms with Crippen molar-refractivity contribution < 1.29 is 13.2 Å². The molecule has 0 saturated heterocycles. The van der Waals surface area contributed by atoms with Gasteiger partial charge in [-0.1, -0.05) is 18.2 Å². The molecule has 0 saturated carbocycles. The average molecular weight is 333 g/mol. The van der Waals surface area contributed by atoms with Gasteiger partial charge in [0.1, 0.15) is 5.75 Å². The fourth-order valence-electron chi connectivity index (χ4n) is 2.16. The van der Waals surface area contributed by atoms with Crippen LogP contribution < -0.4 is 9.46 Å². The van der Waals surface area contributed by atoms with E-state index < -0.39 is 10.0 Å². The summed E-state index contributed by atoms with van der Waals surface area (Å²) in [5, 5.41) is 3.73. The molecule has 114 valence electrons. The zero-order valence-electron chi connectivity index (χ0n) is 11.9. The Morgan fingerprint density at radius 1 is 1.09 bits per heavy atom. The minimum Gasteiger partial charge on any atom is -0.497 e. The van der Waals surface area contributed by atoms with Gasteiger partial charge in [-0.25, -0.2) is 13.1 Å². The number of sulfonamides is 1. The molecule has 0 atom stereocenters. The zero-order chi connectivity index (χ0) is 15.6. The topological polar surface area (TPSA) is 55.4 Å². The van der Waals surface area contributed by atoms with Gasteiger partial charge in [-0.05, 0) is 46.5 Å². The Kier molecular flexibility index (Phi) is 4.15. The third kappa shape index (κ3) is 3.14. The van der Waals surface area contributed by atoms with Crippen molar-refractivity contribution >= 4 is 32.1 Å². The second kappa shape index (κ2) is 6.08. The van der Waals surface area contributed by atoms with E-state index in [-0.39, 0.29) is 4.90 Å². The summed E-state index contributed by atoms with van der Waals surface area (Å²) in [6, 6.07) is 14.4. The summed E-state index contributed by atoms with van der Waals surface area (Å²) in [7, 11) is -1.91. The summed E-state index contributed by atoms with van der Waals surface area (Å²) in [5.41, 5.74) is 0. The van der Waals surface area contributed by atoms with Crippen LogP contribution in [-0.2, 0) is 16.6 Å². The molecule has 0 unspecified atom stereocenters. The quantitative estimate of drug-likeness (QED) is 0.779. The van der Waals surface area contributed by atoms with E-state index in [9.17, 15) is 8.42 Å². The van der Waals surface area contributed by atoms with Gasteiger partial charge in [0.25, 0.3) is 0 Å². The molecule has 1 aromatic heterocycles. The SMILES string of the molecule is COc1ccc2cc(S(=O)(=O)NCc3cccs3)ccc2c1. The van der Waals surface area contributed by atoms with Crippen LogP contribution in [0.15, 0.2) is 58.8 Å². The van der Waals surface area contributed by atoms with Crippen molar-refractivity contribution in [1.29, 1.82) is 0 Å². The first kappa shape index (κ1) is 15.0. The minimum atomic E-state index is -3.52. The van der Waals surface area contributed by atoms with Crippen molar-refractivity contribution in [3.05, 3.63) is 58.8 Å². The van der Waals surface area contributed by atoms with Gasteiger partial charge in [-0.3, -0.25) is 0 Å². The van der Waals surface area contributed by atoms with Gasteiger partial charge in [-0.15, -0.1) is 11.3 Å². The Labute approximate surface area is 133 Å². The van der Waals surface area contributed by atoms with E-state index in [1.807, 2.05) is 35.7 Å². The molecule has 0 fully saturated rings. The highest BCUT2D eigenvalue weighted by Gasteiger charge is 2.14. The van der Waals surface area contributed by atoms with Gasteiger partial charge in [-0.2, -0.15) is 0 Å². The lowest BCUT2D eigenvalue weighted by atomic mass is 10.1. The molecule has 0 aliphatic heterocycles. The highest BCUT2D eigenvalue weighted by Crippen LogP contribution is 2.23. The molecule has 4 nitrogen and oxygen atoms in total. The van der Waals surface area contributed by atoms with Crippen LogP contribution in [-0.4, -0.2) is 15.5 Å². The van der Waals surface area contributed by atoms with E-state index in [2.05, 4.69) is 4.72 Å². The van der Waals surface area contributed by atoms with Crippen LogP contribution in [0.3, 0.4) is 0 Å². The van der Waals surface area contributed by atoms with E-state index in [1.54, 1.807) is 25.3 Å². The molecule has 3 rings (SSSR count). The maximum atomic E-state index is 12.4. The number of fused-ring (bicyclic) bond motifs is 1. The Hall–Kier alpha value is -1.89. The first-order chi connectivity index (χ1) is 10.6. The molecular formula is C16H15NO3S2. The molecule has 3 aromatic rings. The molecule has 6 heteroatoms. The first-order valence-electron chi connectivity index (χ1n) is 6.68. The molecule has 1 heterocycles. The van der Waals surface area contributed by atoms with Crippen LogP contribution in [0.2, 0.25) is 0 Å². The number of nitrogens with one attached hydrogen (secondary N) is 1. The Morgan fingerprint density at radius 2 is 1.86 bits per heavy atom. The van der Waals surface area contributed by atoms with E-state index in [4.69, 9.17) is 4.74 Å². The van der Waals surface area contributed by atoms with Crippen LogP contribution in [0.25, 0.3) is 10.8 Å². The average Bonchev–Trinajstić information content (AvgIpc) is 3.05. The van der Waals surface area contributed by atoms with Crippen molar-refractivity contribution in [2.24, 2.45) is 0 Å². The number of thiophene rings is 1. The van der Waals surface area contributed by atoms with E-state index in [0.29, 0.717) is 6.54 Å². The molecule has 0 aliphatic rings. The number of hydrogen-bond donors (Lipinski definition) is 1. The predicted molar refractivity (Wildman–Crippen MR) is 88.8 cm³/mol. The van der Waals surface area contributed by atoms with Crippen LogP contribution >= 0.6 is 11.3 Å². The van der Waals surface area contributed by atoms with Crippen LogP contribution in [0, 0.1) is 0 Å². The van der Waals surface area contributed by atoms with Crippen molar-refractivity contribution in [2.45, 2.75) is 11.4 Å². The molecule has 0 radical (unpaired) electrons. The van der Waals surface area contributed by atoms with Crippen LogP contribution in [0.1, 0.15) is 4.88 Å². The molecule has 1 N–H and O–H groups in total. The number of rotatable bonds is 5. The van der Waals surface area contributed by atoms with Crippen molar-refractivity contribution in [3.63, 3.8) is 0 Å². The van der Waals surface area contributed by atoms with Crippen LogP contribution in [0.5, 0.6) is 5.75 Å². The summed E-state index contributed by atoms with van der Waals surface area (Å²) in [4.78, 5) is 1.25. The van der Waals surface area contributed by atoms with Gasteiger partial charge in [0.05, 0.1) is 12.0 Å². The second-order valence-corrected chi connectivity index (χ2v) is 7.58. The molecule has 2 aromatic carbocycles. The third-order valence-electron chi connectivity index (χ3n) is 3.35. The minimum absolute atomic E-state index is 0.265. The Morgan fingerprint density at radius 3 is 2.59 bits per heavy atom. The standard InChI is InChI=1S/C16H15NO3S2/c1-20-14-6-4-13-10-16(7-5-12(13)9-14)22(18,19)17-11-15-3-2-8-21-15/h2-10,17H,11H2,1H3. The van der Waals surface area contributed by atoms with E-state index in [0.717, 1.165) is 21.4 Å². The van der Waals surface area contributed by atoms with Crippen molar-refractivity contribution in [1.82, 2.24) is 4.72 Å². The third-order valence-corrected chi connectivity index (χ3v) is 5.62. The summed E-state index contributed by atoms with van der Waals surface area (Å²) in [6.07, 6.45) is 0. The predicted octanol–water partition coefficient (Wildman–Crippen LogP) is 3.39. The second-order valence-electron chi connectivity index (χ2n) is 4.78. The summed E-state index contributed by atoms with van der Waals surface area (Å²) in [5.74, 6) is 0.749. The molecule has 0 amide bonds. The van der Waals surface area contributed by atoms with Gasteiger partial charge in [0.15, 0.2) is 0 Å². The maximum Gasteiger partial charge on any atom is 0.240 e. The molecule has 0 spiro atoms. The van der Waals surface area contributed by atoms with Crippen LogP contribution in [0.4, 0.5) is 0 Å². The summed E-state index contributed by atoms with van der Waals surface area (Å²) >= 11 is 1.52. The van der Waals surface area contributed by atoms with Crippen molar-refractivity contribution in [3.8, 4) is 5.75 Å². The lowest BCUT2D eigenvalue weighted by Gasteiger charge is -2.08. The number of hydrogen-bond acceptors (Lipinski definition) is 4. The molecule has 22 heavy (non-hydrogen) atoms. The largest absolute Gasteiger partial charge is 0.497 e. The number of methoxy groups -OCH3 is 1. The highest BCUT2D eigenvalue weighted by atomic mass is 32.2.